The summed E-state index contributed by atoms with van der Waals surface area (Å²) in [6.07, 6.45) is 0. The molecule has 7 nitrogen and oxygen atoms in total. The Morgan fingerprint density at radius 3 is 2.19 bits per heavy atom. The van der Waals surface area contributed by atoms with Crippen LogP contribution in [0.4, 0.5) is 4.79 Å². The van der Waals surface area contributed by atoms with Crippen LogP contribution in [0.2, 0.25) is 0 Å². The number of carbonyl (C=O) groups excluding carboxylic acids is 3. The van der Waals surface area contributed by atoms with E-state index in [1.165, 1.54) is 0 Å². The maximum atomic E-state index is 12.3. The van der Waals surface area contributed by atoms with Crippen molar-refractivity contribution in [2.45, 2.75) is 33.4 Å². The number of carbonyl (C=O) groups is 3. The number of benzene rings is 1. The lowest BCUT2D eigenvalue weighted by atomic mass is 10.1. The molecule has 0 unspecified atom stereocenters. The van der Waals surface area contributed by atoms with Crippen molar-refractivity contribution in [1.29, 1.82) is 0 Å². The van der Waals surface area contributed by atoms with E-state index in [0.717, 1.165) is 5.56 Å². The van der Waals surface area contributed by atoms with Gasteiger partial charge in [0.2, 0.25) is 11.8 Å². The second-order valence-electron chi connectivity index (χ2n) is 6.85. The van der Waals surface area contributed by atoms with E-state index in [9.17, 15) is 14.4 Å². The van der Waals surface area contributed by atoms with Gasteiger partial charge in [0.15, 0.2) is 0 Å². The van der Waals surface area contributed by atoms with Gasteiger partial charge in [-0.1, -0.05) is 44.2 Å². The fourth-order valence-electron chi connectivity index (χ4n) is 2.90. The summed E-state index contributed by atoms with van der Waals surface area (Å²) >= 11 is 0. The first kappa shape index (κ1) is 19.9. The van der Waals surface area contributed by atoms with Crippen LogP contribution in [0.1, 0.15) is 26.3 Å². The predicted molar refractivity (Wildman–Crippen MR) is 99.3 cm³/mol. The largest absolute Gasteiger partial charge is 0.340 e. The van der Waals surface area contributed by atoms with Gasteiger partial charge in [0, 0.05) is 38.6 Å². The molecule has 0 saturated carbocycles. The molecule has 1 atom stereocenters. The van der Waals surface area contributed by atoms with Gasteiger partial charge < -0.3 is 10.2 Å². The normalized spacial score (nSPS) is 16.2. The van der Waals surface area contributed by atoms with Crippen LogP contribution in [0.15, 0.2) is 30.3 Å². The molecule has 0 aromatic heterocycles. The summed E-state index contributed by atoms with van der Waals surface area (Å²) in [5.74, 6) is -0.211. The summed E-state index contributed by atoms with van der Waals surface area (Å²) in [5, 5.41) is 5.07. The lowest BCUT2D eigenvalue weighted by Crippen LogP contribution is -2.56. The third-order valence-corrected chi connectivity index (χ3v) is 4.58. The molecule has 2 N–H and O–H groups in total. The highest BCUT2D eigenvalue weighted by Crippen LogP contribution is 2.10. The van der Waals surface area contributed by atoms with Gasteiger partial charge in [0.05, 0.1) is 6.04 Å². The van der Waals surface area contributed by atoms with Gasteiger partial charge in [-0.25, -0.2) is 4.79 Å². The third-order valence-electron chi connectivity index (χ3n) is 4.58. The summed E-state index contributed by atoms with van der Waals surface area (Å²) in [6.45, 7) is 8.38. The van der Waals surface area contributed by atoms with E-state index in [2.05, 4.69) is 10.6 Å². The number of hydrogen-bond acceptors (Lipinski definition) is 4. The van der Waals surface area contributed by atoms with E-state index in [-0.39, 0.29) is 17.7 Å². The molecule has 142 valence electrons. The van der Waals surface area contributed by atoms with Gasteiger partial charge in [-0.15, -0.1) is 0 Å². The molecule has 1 aliphatic rings. The average Bonchev–Trinajstić information content (AvgIpc) is 2.66. The van der Waals surface area contributed by atoms with Crippen molar-refractivity contribution in [3.63, 3.8) is 0 Å². The van der Waals surface area contributed by atoms with Crippen molar-refractivity contribution in [3.8, 4) is 0 Å². The summed E-state index contributed by atoms with van der Waals surface area (Å²) in [4.78, 5) is 40.0. The fraction of sp³-hybridized carbons (Fsp3) is 0.526. The highest BCUT2D eigenvalue weighted by Gasteiger charge is 2.28. The zero-order valence-corrected chi connectivity index (χ0v) is 15.7. The molecule has 0 bridgehead atoms. The minimum absolute atomic E-state index is 0.0180. The first-order chi connectivity index (χ1) is 12.4. The molecular weight excluding hydrogens is 332 g/mol. The van der Waals surface area contributed by atoms with E-state index >= 15 is 0 Å². The second-order valence-corrected chi connectivity index (χ2v) is 6.85. The van der Waals surface area contributed by atoms with E-state index in [1.54, 1.807) is 6.92 Å². The summed E-state index contributed by atoms with van der Waals surface area (Å²) in [5.41, 5.74) is 0.967. The monoisotopic (exact) mass is 360 g/mol. The van der Waals surface area contributed by atoms with Gasteiger partial charge in [-0.05, 0) is 12.5 Å². The number of hydrogen-bond donors (Lipinski definition) is 2. The Morgan fingerprint density at radius 1 is 1.00 bits per heavy atom. The average molecular weight is 360 g/mol. The quantitative estimate of drug-likeness (QED) is 0.827. The van der Waals surface area contributed by atoms with E-state index in [4.69, 9.17) is 0 Å². The van der Waals surface area contributed by atoms with Crippen LogP contribution < -0.4 is 10.6 Å². The van der Waals surface area contributed by atoms with Crippen molar-refractivity contribution < 1.29 is 14.4 Å². The highest BCUT2D eigenvalue weighted by molar-refractivity contribution is 5.96. The van der Waals surface area contributed by atoms with Crippen LogP contribution in [0.25, 0.3) is 0 Å². The van der Waals surface area contributed by atoms with Gasteiger partial charge in [-0.3, -0.25) is 19.8 Å². The second kappa shape index (κ2) is 9.33. The molecule has 0 spiro atoms. The van der Waals surface area contributed by atoms with Gasteiger partial charge >= 0.3 is 6.03 Å². The predicted octanol–water partition coefficient (Wildman–Crippen LogP) is 1.20. The Morgan fingerprint density at radius 2 is 1.62 bits per heavy atom. The smallest absolute Gasteiger partial charge is 0.321 e. The third kappa shape index (κ3) is 5.56. The van der Waals surface area contributed by atoms with Crippen LogP contribution in [0, 0.1) is 5.92 Å². The number of urea groups is 1. The van der Waals surface area contributed by atoms with Gasteiger partial charge in [-0.2, -0.15) is 0 Å². The first-order valence-electron chi connectivity index (χ1n) is 9.04. The van der Waals surface area contributed by atoms with E-state index in [0.29, 0.717) is 32.7 Å². The number of rotatable bonds is 5. The maximum Gasteiger partial charge on any atom is 0.321 e. The molecule has 4 amide bonds. The lowest BCUT2D eigenvalue weighted by molar-refractivity contribution is -0.137. The molecule has 1 aromatic rings. The van der Waals surface area contributed by atoms with Gasteiger partial charge in [0.1, 0.15) is 0 Å². The molecular formula is C19H28N4O3. The summed E-state index contributed by atoms with van der Waals surface area (Å²) < 4.78 is 0. The van der Waals surface area contributed by atoms with Crippen LogP contribution >= 0.6 is 0 Å². The molecule has 0 radical (unpaired) electrons. The molecule has 1 aliphatic heterocycles. The topological polar surface area (TPSA) is 81.8 Å². The number of imide groups is 1. The molecule has 7 heteroatoms. The standard InChI is InChI=1S/C19H28N4O3/c1-14(2)18(25)23-11-9-22(10-12-23)15(3)17(24)21-19(26)20-13-16-7-5-4-6-8-16/h4-8,14-15H,9-13H2,1-3H3,(H2,20,21,24,26)/t15-/m1/s1. The Kier molecular flexibility index (Phi) is 7.15. The van der Waals surface area contributed by atoms with Crippen molar-refractivity contribution >= 4 is 17.8 Å². The lowest BCUT2D eigenvalue weighted by Gasteiger charge is -2.38. The van der Waals surface area contributed by atoms with Crippen LogP contribution in [0.3, 0.4) is 0 Å². The van der Waals surface area contributed by atoms with Crippen LogP contribution in [-0.2, 0) is 16.1 Å². The Bertz CT molecular complexity index is 625. The molecule has 2 rings (SSSR count). The van der Waals surface area contributed by atoms with E-state index < -0.39 is 12.1 Å². The zero-order chi connectivity index (χ0) is 19.1. The fourth-order valence-corrected chi connectivity index (χ4v) is 2.90. The number of nitrogens with one attached hydrogen (secondary N) is 2. The van der Waals surface area contributed by atoms with Crippen molar-refractivity contribution in [2.75, 3.05) is 26.2 Å². The highest BCUT2D eigenvalue weighted by atomic mass is 16.2. The van der Waals surface area contributed by atoms with Crippen molar-refractivity contribution in [2.24, 2.45) is 5.92 Å². The van der Waals surface area contributed by atoms with E-state index in [1.807, 2.05) is 54.0 Å². The summed E-state index contributed by atoms with van der Waals surface area (Å²) in [6, 6.07) is 8.58. The van der Waals surface area contributed by atoms with Crippen molar-refractivity contribution in [1.82, 2.24) is 20.4 Å². The molecule has 1 heterocycles. The number of amides is 4. The Hall–Kier alpha value is -2.41. The molecule has 0 aliphatic carbocycles. The van der Waals surface area contributed by atoms with Gasteiger partial charge in [0.25, 0.3) is 0 Å². The summed E-state index contributed by atoms with van der Waals surface area (Å²) in [7, 11) is 0. The van der Waals surface area contributed by atoms with Crippen LogP contribution in [-0.4, -0.2) is 59.9 Å². The molecule has 1 aromatic carbocycles. The van der Waals surface area contributed by atoms with Crippen LogP contribution in [0.5, 0.6) is 0 Å². The molecule has 26 heavy (non-hydrogen) atoms. The zero-order valence-electron chi connectivity index (χ0n) is 15.7. The molecule has 1 fully saturated rings. The Balaban J connectivity index is 1.75. The molecule has 1 saturated heterocycles. The number of nitrogens with zero attached hydrogens (tertiary/aromatic N) is 2. The number of piperazine rings is 1. The minimum Gasteiger partial charge on any atom is -0.340 e. The SMILES string of the molecule is CC(C)C(=O)N1CCN([C@H](C)C(=O)NC(=O)NCc2ccccc2)CC1. The minimum atomic E-state index is -0.501. The first-order valence-corrected chi connectivity index (χ1v) is 9.04. The van der Waals surface area contributed by atoms with Crippen molar-refractivity contribution in [3.05, 3.63) is 35.9 Å². The Labute approximate surface area is 154 Å². The maximum absolute atomic E-state index is 12.3.